The molecule has 0 saturated carbocycles. The van der Waals surface area contributed by atoms with Crippen LogP contribution in [0.2, 0.25) is 0 Å². The van der Waals surface area contributed by atoms with Crippen molar-refractivity contribution >= 4 is 34.6 Å². The lowest BCUT2D eigenvalue weighted by Gasteiger charge is -2.16. The zero-order valence-electron chi connectivity index (χ0n) is 16.8. The van der Waals surface area contributed by atoms with Gasteiger partial charge in [0.1, 0.15) is 0 Å². The van der Waals surface area contributed by atoms with Gasteiger partial charge in [0.25, 0.3) is 0 Å². The second-order valence-electron chi connectivity index (χ2n) is 7.17. The van der Waals surface area contributed by atoms with Crippen LogP contribution in [0.1, 0.15) is 30.9 Å². The third kappa shape index (κ3) is 5.23. The summed E-state index contributed by atoms with van der Waals surface area (Å²) in [6, 6.07) is 22.8. The zero-order valence-corrected chi connectivity index (χ0v) is 16.8. The highest BCUT2D eigenvalue weighted by molar-refractivity contribution is 6.43. The topological polar surface area (TPSA) is 70.2 Å². The van der Waals surface area contributed by atoms with E-state index in [4.69, 9.17) is 0 Å². The molecule has 0 aliphatic heterocycles. The number of hydrogen-bond donors (Lipinski definition) is 3. The van der Waals surface area contributed by atoms with E-state index in [0.717, 1.165) is 22.5 Å². The van der Waals surface area contributed by atoms with E-state index in [9.17, 15) is 9.59 Å². The summed E-state index contributed by atoms with van der Waals surface area (Å²) in [6.45, 7) is 6.02. The molecule has 0 atom stereocenters. The van der Waals surface area contributed by atoms with Gasteiger partial charge >= 0.3 is 11.8 Å². The third-order valence-corrected chi connectivity index (χ3v) is 4.58. The first-order chi connectivity index (χ1) is 13.9. The molecule has 5 nitrogen and oxygen atoms in total. The molecule has 3 aromatic rings. The number of hydrogen-bond acceptors (Lipinski definition) is 3. The van der Waals surface area contributed by atoms with Gasteiger partial charge in [-0.05, 0) is 60.4 Å². The predicted octanol–water partition coefficient (Wildman–Crippen LogP) is 5.44. The van der Waals surface area contributed by atoms with Gasteiger partial charge in [-0.25, -0.2) is 0 Å². The molecule has 0 radical (unpaired) electrons. The average molecular weight is 387 g/mol. The van der Waals surface area contributed by atoms with E-state index in [1.165, 1.54) is 0 Å². The van der Waals surface area contributed by atoms with Crippen molar-refractivity contribution in [2.24, 2.45) is 0 Å². The van der Waals surface area contributed by atoms with E-state index in [1.54, 1.807) is 12.1 Å². The number of carbonyl (C=O) groups is 2. The molecular formula is C24H25N3O2. The monoisotopic (exact) mass is 387 g/mol. The molecule has 0 aliphatic rings. The zero-order chi connectivity index (χ0) is 20.8. The minimum absolute atomic E-state index is 0.234. The Bertz CT molecular complexity index is 996. The van der Waals surface area contributed by atoms with Crippen LogP contribution in [0.25, 0.3) is 0 Å². The van der Waals surface area contributed by atoms with E-state index in [2.05, 4.69) is 29.8 Å². The molecule has 0 fully saturated rings. The molecular weight excluding hydrogens is 362 g/mol. The molecule has 5 heteroatoms. The molecule has 0 aromatic heterocycles. The lowest BCUT2D eigenvalue weighted by Crippen LogP contribution is -2.29. The Morgan fingerprint density at radius 2 is 1.28 bits per heavy atom. The third-order valence-electron chi connectivity index (χ3n) is 4.58. The number of amides is 2. The van der Waals surface area contributed by atoms with Gasteiger partial charge < -0.3 is 16.0 Å². The second kappa shape index (κ2) is 9.06. The molecule has 0 aliphatic carbocycles. The molecule has 148 valence electrons. The molecule has 0 unspecified atom stereocenters. The van der Waals surface area contributed by atoms with Gasteiger partial charge in [-0.3, -0.25) is 9.59 Å². The highest BCUT2D eigenvalue weighted by Gasteiger charge is 2.18. The van der Waals surface area contributed by atoms with Crippen LogP contribution >= 0.6 is 0 Å². The van der Waals surface area contributed by atoms with Crippen molar-refractivity contribution < 1.29 is 9.59 Å². The quantitative estimate of drug-likeness (QED) is 0.511. The summed E-state index contributed by atoms with van der Waals surface area (Å²) in [5.74, 6) is -1.16. The van der Waals surface area contributed by atoms with E-state index in [-0.39, 0.29) is 5.92 Å². The van der Waals surface area contributed by atoms with Crippen molar-refractivity contribution in [3.63, 3.8) is 0 Å². The molecule has 3 rings (SSSR count). The molecule has 3 N–H and O–H groups in total. The maximum Gasteiger partial charge on any atom is 0.314 e. The molecule has 0 saturated heterocycles. The van der Waals surface area contributed by atoms with Crippen molar-refractivity contribution in [1.82, 2.24) is 0 Å². The van der Waals surface area contributed by atoms with Gasteiger partial charge in [0, 0.05) is 22.7 Å². The van der Waals surface area contributed by atoms with Crippen LogP contribution in [-0.4, -0.2) is 11.8 Å². The summed E-state index contributed by atoms with van der Waals surface area (Å²) in [5.41, 5.74) is 5.04. The Morgan fingerprint density at radius 3 is 1.93 bits per heavy atom. The highest BCUT2D eigenvalue weighted by Crippen LogP contribution is 2.27. The standard InChI is InChI=1S/C24H25N3O2/c1-16(2)21-11-7-8-17(3)22(21)27-24(29)23(28)26-20-14-12-19(13-15-20)25-18-9-5-4-6-10-18/h4-16,25H,1-3H3,(H,26,28)(H,27,29). The number of para-hydroxylation sites is 2. The fourth-order valence-corrected chi connectivity index (χ4v) is 3.03. The summed E-state index contributed by atoms with van der Waals surface area (Å²) in [6.07, 6.45) is 0. The van der Waals surface area contributed by atoms with Crippen LogP contribution in [0.5, 0.6) is 0 Å². The van der Waals surface area contributed by atoms with Gasteiger partial charge in [-0.15, -0.1) is 0 Å². The van der Waals surface area contributed by atoms with Crippen LogP contribution in [0.15, 0.2) is 72.8 Å². The van der Waals surface area contributed by atoms with Crippen LogP contribution in [0.3, 0.4) is 0 Å². The fourth-order valence-electron chi connectivity index (χ4n) is 3.03. The first kappa shape index (κ1) is 20.1. The highest BCUT2D eigenvalue weighted by atomic mass is 16.2. The number of nitrogens with one attached hydrogen (secondary N) is 3. The Morgan fingerprint density at radius 1 is 0.690 bits per heavy atom. The Hall–Kier alpha value is -3.60. The number of anilines is 4. The Balaban J connectivity index is 1.64. The van der Waals surface area contributed by atoms with Gasteiger partial charge in [0.15, 0.2) is 0 Å². The van der Waals surface area contributed by atoms with Crippen molar-refractivity contribution in [1.29, 1.82) is 0 Å². The molecule has 3 aromatic carbocycles. The van der Waals surface area contributed by atoms with Crippen LogP contribution < -0.4 is 16.0 Å². The summed E-state index contributed by atoms with van der Waals surface area (Å²) >= 11 is 0. The van der Waals surface area contributed by atoms with Gasteiger partial charge in [0.05, 0.1) is 0 Å². The lowest BCUT2D eigenvalue weighted by molar-refractivity contribution is -0.133. The molecule has 2 amide bonds. The lowest BCUT2D eigenvalue weighted by atomic mass is 9.98. The van der Waals surface area contributed by atoms with E-state index in [1.807, 2.05) is 67.6 Å². The minimum atomic E-state index is -0.702. The normalized spacial score (nSPS) is 10.5. The molecule has 29 heavy (non-hydrogen) atoms. The van der Waals surface area contributed by atoms with Crippen molar-refractivity contribution in [2.75, 3.05) is 16.0 Å². The molecule has 0 bridgehead atoms. The Labute approximate surface area is 171 Å². The Kier molecular flexibility index (Phi) is 6.29. The first-order valence-electron chi connectivity index (χ1n) is 9.58. The summed E-state index contributed by atoms with van der Waals surface area (Å²) < 4.78 is 0. The van der Waals surface area contributed by atoms with Crippen LogP contribution in [-0.2, 0) is 9.59 Å². The number of rotatable bonds is 5. The van der Waals surface area contributed by atoms with E-state index in [0.29, 0.717) is 11.4 Å². The smallest absolute Gasteiger partial charge is 0.314 e. The average Bonchev–Trinajstić information content (AvgIpc) is 2.71. The number of carbonyl (C=O) groups excluding carboxylic acids is 2. The van der Waals surface area contributed by atoms with Crippen molar-refractivity contribution in [3.05, 3.63) is 83.9 Å². The summed E-state index contributed by atoms with van der Waals surface area (Å²) in [5, 5.41) is 8.67. The van der Waals surface area contributed by atoms with Gasteiger partial charge in [-0.2, -0.15) is 0 Å². The SMILES string of the molecule is Cc1cccc(C(C)C)c1NC(=O)C(=O)Nc1ccc(Nc2ccccc2)cc1. The minimum Gasteiger partial charge on any atom is -0.356 e. The number of benzene rings is 3. The van der Waals surface area contributed by atoms with Crippen molar-refractivity contribution in [2.45, 2.75) is 26.7 Å². The summed E-state index contributed by atoms with van der Waals surface area (Å²) in [4.78, 5) is 24.8. The van der Waals surface area contributed by atoms with Gasteiger partial charge in [-0.1, -0.05) is 50.2 Å². The number of aryl methyl sites for hydroxylation is 1. The van der Waals surface area contributed by atoms with Crippen LogP contribution in [0.4, 0.5) is 22.7 Å². The maximum absolute atomic E-state index is 12.4. The first-order valence-corrected chi connectivity index (χ1v) is 9.58. The van der Waals surface area contributed by atoms with Gasteiger partial charge in [0.2, 0.25) is 0 Å². The predicted molar refractivity (Wildman–Crippen MR) is 119 cm³/mol. The second-order valence-corrected chi connectivity index (χ2v) is 7.17. The largest absolute Gasteiger partial charge is 0.356 e. The molecule has 0 heterocycles. The maximum atomic E-state index is 12.4. The summed E-state index contributed by atoms with van der Waals surface area (Å²) in [7, 11) is 0. The van der Waals surface area contributed by atoms with Crippen LogP contribution in [0, 0.1) is 6.92 Å². The van der Waals surface area contributed by atoms with E-state index >= 15 is 0 Å². The fraction of sp³-hybridized carbons (Fsp3) is 0.167. The van der Waals surface area contributed by atoms with Crippen molar-refractivity contribution in [3.8, 4) is 0 Å². The molecule has 0 spiro atoms. The van der Waals surface area contributed by atoms with E-state index < -0.39 is 11.8 Å².